The van der Waals surface area contributed by atoms with Gasteiger partial charge in [-0.3, -0.25) is 0 Å². The van der Waals surface area contributed by atoms with E-state index < -0.39 is 27.6 Å². The van der Waals surface area contributed by atoms with E-state index in [0.717, 1.165) is 0 Å². The summed E-state index contributed by atoms with van der Waals surface area (Å²) in [4.78, 5) is 12.9. The fourth-order valence-corrected chi connectivity index (χ4v) is 4.84. The molecule has 2 N–H and O–H groups in total. The minimum Gasteiger partial charge on any atom is -0.497 e. The quantitative estimate of drug-likeness (QED) is 0.461. The maximum absolute atomic E-state index is 13.0. The van der Waals surface area contributed by atoms with Crippen LogP contribution in [0.5, 0.6) is 5.75 Å². The number of carbonyl (C=O) groups excluding carboxylic acids is 1. The van der Waals surface area contributed by atoms with Crippen LogP contribution in [-0.4, -0.2) is 39.0 Å². The number of hydrogen-bond acceptors (Lipinski definition) is 6. The summed E-state index contributed by atoms with van der Waals surface area (Å²) >= 11 is 11.2. The van der Waals surface area contributed by atoms with Gasteiger partial charge in [-0.05, 0) is 61.1 Å². The Hall–Kier alpha value is -2.62. The number of sulfone groups is 1. The maximum Gasteiger partial charge on any atom is 0.338 e. The van der Waals surface area contributed by atoms with E-state index in [1.807, 2.05) is 0 Å². The summed E-state index contributed by atoms with van der Waals surface area (Å²) in [6, 6.07) is 12.2. The number of esters is 1. The van der Waals surface area contributed by atoms with Crippen LogP contribution < -0.4 is 15.4 Å². The van der Waals surface area contributed by atoms with Crippen LogP contribution >= 0.6 is 23.8 Å². The zero-order chi connectivity index (χ0) is 22.6. The maximum atomic E-state index is 13.0. The molecular weight excluding hydrogens is 460 g/mol. The van der Waals surface area contributed by atoms with Crippen LogP contribution in [0.3, 0.4) is 0 Å². The Kier molecular flexibility index (Phi) is 7.19. The molecule has 31 heavy (non-hydrogen) atoms. The first-order valence-electron chi connectivity index (χ1n) is 9.35. The Morgan fingerprint density at radius 2 is 1.77 bits per heavy atom. The molecule has 164 valence electrons. The lowest BCUT2D eigenvalue weighted by molar-refractivity contribution is -0.139. The number of halogens is 1. The molecule has 3 rings (SSSR count). The van der Waals surface area contributed by atoms with Crippen LogP contribution in [0.4, 0.5) is 0 Å². The van der Waals surface area contributed by atoms with E-state index in [2.05, 4.69) is 10.6 Å². The molecule has 0 amide bonds. The van der Waals surface area contributed by atoms with Gasteiger partial charge in [0.25, 0.3) is 0 Å². The second-order valence-electron chi connectivity index (χ2n) is 6.63. The molecule has 1 aliphatic heterocycles. The summed E-state index contributed by atoms with van der Waals surface area (Å²) in [5.41, 5.74) is 1.02. The molecule has 0 saturated carbocycles. The lowest BCUT2D eigenvalue weighted by Crippen LogP contribution is -2.47. The molecule has 1 atom stereocenters. The van der Waals surface area contributed by atoms with E-state index in [4.69, 9.17) is 33.3 Å². The van der Waals surface area contributed by atoms with Crippen molar-refractivity contribution in [2.45, 2.75) is 17.9 Å². The largest absolute Gasteiger partial charge is 0.497 e. The number of nitrogens with one attached hydrogen (secondary N) is 2. The molecule has 1 heterocycles. The number of methoxy groups -OCH3 is 1. The van der Waals surface area contributed by atoms with Crippen LogP contribution in [0.1, 0.15) is 18.5 Å². The molecule has 7 nitrogen and oxygen atoms in total. The third kappa shape index (κ3) is 5.36. The first kappa shape index (κ1) is 23.1. The Balaban J connectivity index is 2.07. The average molecular weight is 481 g/mol. The highest BCUT2D eigenvalue weighted by Gasteiger charge is 2.34. The van der Waals surface area contributed by atoms with Gasteiger partial charge in [-0.25, -0.2) is 13.2 Å². The van der Waals surface area contributed by atoms with Crippen molar-refractivity contribution >= 4 is 44.7 Å². The summed E-state index contributed by atoms with van der Waals surface area (Å²) in [5.74, 6) is -0.448. The van der Waals surface area contributed by atoms with Crippen molar-refractivity contribution in [2.24, 2.45) is 0 Å². The third-order valence-corrected chi connectivity index (χ3v) is 6.74. The fourth-order valence-electron chi connectivity index (χ4n) is 3.14. The molecule has 0 aromatic heterocycles. The van der Waals surface area contributed by atoms with Gasteiger partial charge in [0.1, 0.15) is 5.75 Å². The number of carbonyl (C=O) groups is 1. The van der Waals surface area contributed by atoms with Gasteiger partial charge in [-0.15, -0.1) is 0 Å². The van der Waals surface area contributed by atoms with Crippen molar-refractivity contribution in [3.05, 3.63) is 70.4 Å². The molecule has 10 heteroatoms. The number of hydrogen-bond donors (Lipinski definition) is 2. The summed E-state index contributed by atoms with van der Waals surface area (Å²) in [7, 11) is -2.24. The Labute approximate surface area is 191 Å². The van der Waals surface area contributed by atoms with Crippen LogP contribution in [0.15, 0.2) is 64.7 Å². The van der Waals surface area contributed by atoms with Crippen LogP contribution in [0, 0.1) is 0 Å². The van der Waals surface area contributed by atoms with E-state index in [9.17, 15) is 13.2 Å². The number of ether oxygens (including phenoxy) is 2. The van der Waals surface area contributed by atoms with Gasteiger partial charge < -0.3 is 20.1 Å². The van der Waals surface area contributed by atoms with Crippen LogP contribution in [0.2, 0.25) is 5.02 Å². The lowest BCUT2D eigenvalue weighted by Gasteiger charge is -2.31. The predicted molar refractivity (Wildman–Crippen MR) is 122 cm³/mol. The minimum absolute atomic E-state index is 0.0832. The SMILES string of the molecule is CCOC(=O)C1=C(CS(=O)(=O)c2ccc(Cl)cc2)NC(=S)NC1c1ccc(OC)cc1. The van der Waals surface area contributed by atoms with Crippen molar-refractivity contribution in [1.82, 2.24) is 10.6 Å². The van der Waals surface area contributed by atoms with Crippen molar-refractivity contribution in [1.29, 1.82) is 0 Å². The minimum atomic E-state index is -3.79. The number of benzene rings is 2. The van der Waals surface area contributed by atoms with Crippen LogP contribution in [0.25, 0.3) is 0 Å². The molecule has 2 aromatic rings. The molecule has 0 radical (unpaired) electrons. The topological polar surface area (TPSA) is 93.7 Å². The Morgan fingerprint density at radius 3 is 2.35 bits per heavy atom. The molecule has 0 bridgehead atoms. The van der Waals surface area contributed by atoms with E-state index in [1.54, 1.807) is 38.3 Å². The zero-order valence-corrected chi connectivity index (χ0v) is 19.2. The summed E-state index contributed by atoms with van der Waals surface area (Å²) in [6.45, 7) is 1.82. The highest BCUT2D eigenvalue weighted by molar-refractivity contribution is 7.91. The molecule has 1 unspecified atom stereocenters. The van der Waals surface area contributed by atoms with Crippen molar-refractivity contribution in [3.8, 4) is 5.75 Å². The van der Waals surface area contributed by atoms with Gasteiger partial charge in [0, 0.05) is 10.7 Å². The predicted octanol–water partition coefficient (Wildman–Crippen LogP) is 3.16. The first-order valence-corrected chi connectivity index (χ1v) is 11.8. The lowest BCUT2D eigenvalue weighted by atomic mass is 9.95. The van der Waals surface area contributed by atoms with E-state index in [-0.39, 0.29) is 27.9 Å². The standard InChI is InChI=1S/C21H21ClN2O5S2/c1-3-29-20(25)18-17(12-31(26,27)16-10-6-14(22)7-11-16)23-21(30)24-19(18)13-4-8-15(28-2)9-5-13/h4-11,19H,3,12H2,1-2H3,(H2,23,24,30). The summed E-state index contributed by atoms with van der Waals surface area (Å²) in [5, 5.41) is 6.49. The van der Waals surface area contributed by atoms with Crippen LogP contribution in [-0.2, 0) is 19.4 Å². The normalized spacial score (nSPS) is 16.4. The van der Waals surface area contributed by atoms with Crippen molar-refractivity contribution in [2.75, 3.05) is 19.5 Å². The van der Waals surface area contributed by atoms with E-state index >= 15 is 0 Å². The van der Waals surface area contributed by atoms with Gasteiger partial charge in [0.05, 0.1) is 36.0 Å². The molecule has 1 aliphatic rings. The highest BCUT2D eigenvalue weighted by Crippen LogP contribution is 2.30. The Bertz CT molecular complexity index is 1110. The van der Waals surface area contributed by atoms with Gasteiger partial charge in [0.2, 0.25) is 0 Å². The monoisotopic (exact) mass is 480 g/mol. The molecular formula is C21H21ClN2O5S2. The molecule has 0 saturated heterocycles. The molecule has 0 fully saturated rings. The Morgan fingerprint density at radius 1 is 1.13 bits per heavy atom. The third-order valence-electron chi connectivity index (χ3n) is 4.61. The first-order chi connectivity index (χ1) is 14.7. The number of rotatable bonds is 7. The fraction of sp³-hybridized carbons (Fsp3) is 0.238. The molecule has 2 aromatic carbocycles. The van der Waals surface area contributed by atoms with Gasteiger partial charge in [0.15, 0.2) is 14.9 Å². The highest BCUT2D eigenvalue weighted by atomic mass is 35.5. The number of thiocarbonyl (C=S) groups is 1. The smallest absolute Gasteiger partial charge is 0.338 e. The summed E-state index contributed by atoms with van der Waals surface area (Å²) in [6.07, 6.45) is 0. The molecule has 0 spiro atoms. The summed E-state index contributed by atoms with van der Waals surface area (Å²) < 4.78 is 36.4. The van der Waals surface area contributed by atoms with Gasteiger partial charge in [-0.1, -0.05) is 23.7 Å². The van der Waals surface area contributed by atoms with Crippen molar-refractivity contribution in [3.63, 3.8) is 0 Å². The zero-order valence-electron chi connectivity index (χ0n) is 16.8. The average Bonchev–Trinajstić information content (AvgIpc) is 2.73. The second kappa shape index (κ2) is 9.67. The molecule has 0 aliphatic carbocycles. The van der Waals surface area contributed by atoms with Gasteiger partial charge >= 0.3 is 5.97 Å². The second-order valence-corrected chi connectivity index (χ2v) is 9.46. The van der Waals surface area contributed by atoms with Crippen molar-refractivity contribution < 1.29 is 22.7 Å². The van der Waals surface area contributed by atoms with E-state index in [0.29, 0.717) is 16.3 Å². The van der Waals surface area contributed by atoms with E-state index in [1.165, 1.54) is 24.3 Å². The van der Waals surface area contributed by atoms with Gasteiger partial charge in [-0.2, -0.15) is 0 Å².